The maximum atomic E-state index is 5.71. The number of nitrogens with one attached hydrogen (secondary N) is 1. The van der Waals surface area contributed by atoms with Crippen LogP contribution in [0.25, 0.3) is 0 Å². The highest BCUT2D eigenvalue weighted by molar-refractivity contribution is 14.1. The van der Waals surface area contributed by atoms with Gasteiger partial charge in [-0.3, -0.25) is 0 Å². The second-order valence-corrected chi connectivity index (χ2v) is 5.25. The zero-order valence-corrected chi connectivity index (χ0v) is 13.5. The highest BCUT2D eigenvalue weighted by Gasteiger charge is 2.15. The van der Waals surface area contributed by atoms with Crippen LogP contribution in [0.3, 0.4) is 0 Å². The first-order valence-electron chi connectivity index (χ1n) is 6.60. The van der Waals surface area contributed by atoms with Crippen LogP contribution in [0.15, 0.2) is 6.20 Å². The minimum absolute atomic E-state index is 0.0131. The lowest BCUT2D eigenvalue weighted by Crippen LogP contribution is -2.12. The van der Waals surface area contributed by atoms with Gasteiger partial charge in [-0.25, -0.2) is 9.97 Å². The Kier molecular flexibility index (Phi) is 7.50. The van der Waals surface area contributed by atoms with Crippen LogP contribution in [0.5, 0.6) is 0 Å². The molecular formula is C13H22IN3O. The summed E-state index contributed by atoms with van der Waals surface area (Å²) >= 11 is 2.25. The molecule has 1 unspecified atom stereocenters. The van der Waals surface area contributed by atoms with E-state index in [0.29, 0.717) is 6.61 Å². The molecule has 0 bridgehead atoms. The summed E-state index contributed by atoms with van der Waals surface area (Å²) in [5.74, 6) is 1.71. The Labute approximate surface area is 123 Å². The predicted octanol–water partition coefficient (Wildman–Crippen LogP) is 3.78. The van der Waals surface area contributed by atoms with Gasteiger partial charge in [-0.2, -0.15) is 0 Å². The Balaban J connectivity index is 2.86. The lowest BCUT2D eigenvalue weighted by Gasteiger charge is -2.16. The Bertz CT molecular complexity index is 354. The molecule has 1 heterocycles. The van der Waals surface area contributed by atoms with E-state index >= 15 is 0 Å². The van der Waals surface area contributed by atoms with Gasteiger partial charge in [-0.05, 0) is 42.4 Å². The molecule has 0 radical (unpaired) electrons. The van der Waals surface area contributed by atoms with E-state index in [0.717, 1.165) is 41.0 Å². The molecule has 1 aromatic rings. The quantitative estimate of drug-likeness (QED) is 0.714. The molecule has 0 aliphatic carbocycles. The number of ether oxygens (including phenoxy) is 1. The van der Waals surface area contributed by atoms with Crippen molar-refractivity contribution >= 4 is 28.4 Å². The van der Waals surface area contributed by atoms with Crippen molar-refractivity contribution in [2.75, 3.05) is 18.5 Å². The molecule has 1 aromatic heterocycles. The summed E-state index contributed by atoms with van der Waals surface area (Å²) in [4.78, 5) is 8.99. The molecule has 1 rings (SSSR count). The number of anilines is 1. The third-order valence-corrected chi connectivity index (χ3v) is 3.30. The summed E-state index contributed by atoms with van der Waals surface area (Å²) in [7, 11) is 0. The monoisotopic (exact) mass is 363 g/mol. The Morgan fingerprint density at radius 2 is 2.11 bits per heavy atom. The zero-order chi connectivity index (χ0) is 13.4. The topological polar surface area (TPSA) is 47.0 Å². The standard InChI is InChI=1S/C13H22IN3O/c1-4-7-11(18-6-3)13-16-9-10(14)12(17-13)15-8-5-2/h9,11H,4-8H2,1-3H3,(H,15,16,17). The van der Waals surface area contributed by atoms with Crippen LogP contribution >= 0.6 is 22.6 Å². The summed E-state index contributed by atoms with van der Waals surface area (Å²) in [5, 5.41) is 3.33. The van der Waals surface area contributed by atoms with E-state index in [1.165, 1.54) is 0 Å². The maximum absolute atomic E-state index is 5.71. The van der Waals surface area contributed by atoms with Gasteiger partial charge >= 0.3 is 0 Å². The van der Waals surface area contributed by atoms with Crippen molar-refractivity contribution in [3.63, 3.8) is 0 Å². The average Bonchev–Trinajstić information content (AvgIpc) is 2.38. The van der Waals surface area contributed by atoms with Gasteiger partial charge in [-0.15, -0.1) is 0 Å². The van der Waals surface area contributed by atoms with E-state index in [9.17, 15) is 0 Å². The van der Waals surface area contributed by atoms with Crippen molar-refractivity contribution in [1.29, 1.82) is 0 Å². The molecule has 102 valence electrons. The van der Waals surface area contributed by atoms with Crippen LogP contribution in [0, 0.1) is 3.57 Å². The molecule has 0 saturated heterocycles. The van der Waals surface area contributed by atoms with Gasteiger partial charge in [0.15, 0.2) is 5.82 Å². The van der Waals surface area contributed by atoms with Crippen LogP contribution in [0.1, 0.15) is 52.0 Å². The van der Waals surface area contributed by atoms with Crippen LogP contribution < -0.4 is 5.32 Å². The summed E-state index contributed by atoms with van der Waals surface area (Å²) in [6.45, 7) is 7.92. The summed E-state index contributed by atoms with van der Waals surface area (Å²) in [6, 6.07) is 0. The molecule has 0 aromatic carbocycles. The fraction of sp³-hybridized carbons (Fsp3) is 0.692. The molecule has 0 amide bonds. The molecule has 0 fully saturated rings. The third-order valence-electron chi connectivity index (χ3n) is 2.51. The molecule has 18 heavy (non-hydrogen) atoms. The van der Waals surface area contributed by atoms with Crippen molar-refractivity contribution in [1.82, 2.24) is 9.97 Å². The molecule has 1 N–H and O–H groups in total. The Morgan fingerprint density at radius 1 is 1.33 bits per heavy atom. The first-order chi connectivity index (χ1) is 8.72. The molecule has 0 spiro atoms. The normalized spacial score (nSPS) is 12.4. The van der Waals surface area contributed by atoms with Gasteiger partial charge in [0.1, 0.15) is 11.9 Å². The van der Waals surface area contributed by atoms with E-state index in [2.05, 4.69) is 51.7 Å². The molecule has 0 aliphatic heterocycles. The number of nitrogens with zero attached hydrogens (tertiary/aromatic N) is 2. The number of hydrogen-bond acceptors (Lipinski definition) is 4. The maximum Gasteiger partial charge on any atom is 0.159 e. The number of halogens is 1. The van der Waals surface area contributed by atoms with Gasteiger partial charge in [-0.1, -0.05) is 20.3 Å². The Hall–Kier alpha value is -0.430. The summed E-state index contributed by atoms with van der Waals surface area (Å²) in [6.07, 6.45) is 4.99. The highest BCUT2D eigenvalue weighted by atomic mass is 127. The molecule has 5 heteroatoms. The van der Waals surface area contributed by atoms with Crippen molar-refractivity contribution in [3.8, 4) is 0 Å². The summed E-state index contributed by atoms with van der Waals surface area (Å²) in [5.41, 5.74) is 0. The first-order valence-corrected chi connectivity index (χ1v) is 7.68. The first kappa shape index (κ1) is 15.6. The van der Waals surface area contributed by atoms with E-state index in [1.807, 2.05) is 13.1 Å². The van der Waals surface area contributed by atoms with Gasteiger partial charge in [0.25, 0.3) is 0 Å². The molecule has 0 saturated carbocycles. The fourth-order valence-electron chi connectivity index (χ4n) is 1.65. The number of aromatic nitrogens is 2. The van der Waals surface area contributed by atoms with E-state index in [4.69, 9.17) is 4.74 Å². The van der Waals surface area contributed by atoms with Gasteiger partial charge in [0, 0.05) is 19.3 Å². The lowest BCUT2D eigenvalue weighted by molar-refractivity contribution is 0.0494. The van der Waals surface area contributed by atoms with Crippen LogP contribution in [0.4, 0.5) is 5.82 Å². The highest BCUT2D eigenvalue weighted by Crippen LogP contribution is 2.22. The van der Waals surface area contributed by atoms with Crippen molar-refractivity contribution in [2.45, 2.75) is 46.1 Å². The number of rotatable bonds is 8. The van der Waals surface area contributed by atoms with Crippen LogP contribution in [-0.4, -0.2) is 23.1 Å². The van der Waals surface area contributed by atoms with E-state index < -0.39 is 0 Å². The molecule has 4 nitrogen and oxygen atoms in total. The van der Waals surface area contributed by atoms with Crippen LogP contribution in [-0.2, 0) is 4.74 Å². The fourth-order valence-corrected chi connectivity index (χ4v) is 2.10. The van der Waals surface area contributed by atoms with Crippen LogP contribution in [0.2, 0.25) is 0 Å². The van der Waals surface area contributed by atoms with Gasteiger partial charge in [0.2, 0.25) is 0 Å². The summed E-state index contributed by atoms with van der Waals surface area (Å²) < 4.78 is 6.76. The largest absolute Gasteiger partial charge is 0.371 e. The number of hydrogen-bond donors (Lipinski definition) is 1. The SMILES string of the molecule is CCCNc1nc(C(CCC)OCC)ncc1I. The molecule has 1 atom stereocenters. The lowest BCUT2D eigenvalue weighted by atomic mass is 10.2. The smallest absolute Gasteiger partial charge is 0.159 e. The van der Waals surface area contributed by atoms with Gasteiger partial charge in [0.05, 0.1) is 3.57 Å². The van der Waals surface area contributed by atoms with Gasteiger partial charge < -0.3 is 10.1 Å². The minimum atomic E-state index is 0.0131. The Morgan fingerprint density at radius 3 is 2.72 bits per heavy atom. The van der Waals surface area contributed by atoms with E-state index in [-0.39, 0.29) is 6.10 Å². The second-order valence-electron chi connectivity index (χ2n) is 4.08. The van der Waals surface area contributed by atoms with Crippen molar-refractivity contribution in [3.05, 3.63) is 15.6 Å². The minimum Gasteiger partial charge on any atom is -0.371 e. The third kappa shape index (κ3) is 4.68. The average molecular weight is 363 g/mol. The van der Waals surface area contributed by atoms with E-state index in [1.54, 1.807) is 0 Å². The molecular weight excluding hydrogens is 341 g/mol. The molecule has 0 aliphatic rings. The van der Waals surface area contributed by atoms with Crippen molar-refractivity contribution in [2.24, 2.45) is 0 Å². The second kappa shape index (κ2) is 8.63. The zero-order valence-electron chi connectivity index (χ0n) is 11.4. The predicted molar refractivity (Wildman–Crippen MR) is 82.8 cm³/mol. The van der Waals surface area contributed by atoms with Crippen molar-refractivity contribution < 1.29 is 4.74 Å².